The first-order chi connectivity index (χ1) is 8.29. The second-order valence-electron chi connectivity index (χ2n) is 4.09. The van der Waals surface area contributed by atoms with Crippen molar-refractivity contribution in [1.82, 2.24) is 19.5 Å². The van der Waals surface area contributed by atoms with Gasteiger partial charge in [-0.05, 0) is 6.92 Å². The Morgan fingerprint density at radius 3 is 3.06 bits per heavy atom. The maximum atomic E-state index is 9.04. The molecule has 1 N–H and O–H groups in total. The van der Waals surface area contributed by atoms with Gasteiger partial charge in [-0.15, -0.1) is 6.42 Å². The largest absolute Gasteiger partial charge is 3.00 e. The van der Waals surface area contributed by atoms with Gasteiger partial charge in [-0.1, -0.05) is 0 Å². The Kier molecular flexibility index (Phi) is 4.43. The third-order valence-corrected chi connectivity index (χ3v) is 2.95. The van der Waals surface area contributed by atoms with Crippen LogP contribution in [0.4, 0.5) is 0 Å². The van der Waals surface area contributed by atoms with Gasteiger partial charge >= 0.3 is 32.7 Å². The van der Waals surface area contributed by atoms with E-state index in [1.165, 1.54) is 6.33 Å². The molecule has 18 heavy (non-hydrogen) atoms. The van der Waals surface area contributed by atoms with Crippen LogP contribution in [-0.4, -0.2) is 37.3 Å². The van der Waals surface area contributed by atoms with Crippen LogP contribution in [-0.2, 0) is 37.4 Å². The van der Waals surface area contributed by atoms with Crippen molar-refractivity contribution >= 4 is 11.2 Å². The zero-order valence-corrected chi connectivity index (χ0v) is 12.9. The van der Waals surface area contributed by atoms with Crippen LogP contribution in [0, 0.1) is 13.3 Å². The van der Waals surface area contributed by atoms with E-state index in [-0.39, 0.29) is 51.6 Å². The Balaban J connectivity index is 0.00000120. The molecule has 0 bridgehead atoms. The second kappa shape index (κ2) is 5.69. The molecule has 0 radical (unpaired) electrons. The molecule has 2 unspecified atom stereocenters. The SMILES string of the molecule is Cc1ncnc2c1ncn2C1[CH-]CC(CO)O1.[Y+3]. The Labute approximate surface area is 130 Å². The molecule has 2 aromatic heterocycles. The normalized spacial score (nSPS) is 23.2. The number of imidazole rings is 1. The molecule has 1 saturated heterocycles. The van der Waals surface area contributed by atoms with Gasteiger partial charge in [-0.25, -0.2) is 15.0 Å². The minimum atomic E-state index is -0.202. The van der Waals surface area contributed by atoms with Gasteiger partial charge in [0.1, 0.15) is 11.8 Å². The van der Waals surface area contributed by atoms with Crippen molar-refractivity contribution in [2.45, 2.75) is 25.7 Å². The number of aryl methyl sites for hydroxylation is 1. The van der Waals surface area contributed by atoms with Crippen LogP contribution >= 0.6 is 0 Å². The molecule has 0 amide bonds. The summed E-state index contributed by atoms with van der Waals surface area (Å²) in [4.78, 5) is 12.6. The fourth-order valence-electron chi connectivity index (χ4n) is 2.03. The number of ether oxygens (including phenoxy) is 1. The smallest absolute Gasteiger partial charge is 0.394 e. The Morgan fingerprint density at radius 2 is 2.33 bits per heavy atom. The number of aromatic nitrogens is 4. The molecule has 2 aromatic rings. The molecule has 6 nitrogen and oxygen atoms in total. The average Bonchev–Trinajstić information content (AvgIpc) is 2.94. The van der Waals surface area contributed by atoms with Gasteiger partial charge in [-0.3, -0.25) is 6.42 Å². The third-order valence-electron chi connectivity index (χ3n) is 2.95. The van der Waals surface area contributed by atoms with Crippen LogP contribution < -0.4 is 0 Å². The molecular formula is C11H13N4O2Y+2. The van der Waals surface area contributed by atoms with Crippen LogP contribution in [0.3, 0.4) is 0 Å². The first-order valence-electron chi connectivity index (χ1n) is 5.53. The van der Waals surface area contributed by atoms with Gasteiger partial charge in [0, 0.05) is 6.23 Å². The summed E-state index contributed by atoms with van der Waals surface area (Å²) in [6.45, 7) is 1.94. The minimum Gasteiger partial charge on any atom is -0.394 e. The van der Waals surface area contributed by atoms with Gasteiger partial charge in [0.05, 0.1) is 24.7 Å². The number of rotatable bonds is 2. The van der Waals surface area contributed by atoms with Crippen molar-refractivity contribution in [1.29, 1.82) is 0 Å². The molecule has 0 aliphatic carbocycles. The van der Waals surface area contributed by atoms with Crippen LogP contribution in [0.2, 0.25) is 0 Å². The zero-order chi connectivity index (χ0) is 11.8. The summed E-state index contributed by atoms with van der Waals surface area (Å²) in [7, 11) is 0. The van der Waals surface area contributed by atoms with E-state index in [9.17, 15) is 0 Å². The van der Waals surface area contributed by atoms with Crippen molar-refractivity contribution in [3.63, 3.8) is 0 Å². The van der Waals surface area contributed by atoms with Gasteiger partial charge in [0.2, 0.25) is 0 Å². The van der Waals surface area contributed by atoms with Crippen LogP contribution in [0.15, 0.2) is 12.7 Å². The summed E-state index contributed by atoms with van der Waals surface area (Å²) < 4.78 is 7.52. The van der Waals surface area contributed by atoms with Gasteiger partial charge in [0.25, 0.3) is 0 Å². The van der Waals surface area contributed by atoms with Crippen LogP contribution in [0.1, 0.15) is 18.3 Å². The van der Waals surface area contributed by atoms with Gasteiger partial charge < -0.3 is 14.4 Å². The monoisotopic (exact) mass is 322 g/mol. The fraction of sp³-hybridized carbons (Fsp3) is 0.455. The minimum absolute atomic E-state index is 0. The van der Waals surface area contributed by atoms with E-state index in [0.29, 0.717) is 0 Å². The summed E-state index contributed by atoms with van der Waals surface area (Å²) in [5.74, 6) is 0. The molecule has 0 saturated carbocycles. The fourth-order valence-corrected chi connectivity index (χ4v) is 2.03. The maximum absolute atomic E-state index is 9.04. The molecule has 1 aliphatic heterocycles. The Morgan fingerprint density at radius 1 is 1.50 bits per heavy atom. The maximum Gasteiger partial charge on any atom is 3.00 e. The molecule has 3 heterocycles. The first kappa shape index (κ1) is 14.0. The van der Waals surface area contributed by atoms with E-state index in [4.69, 9.17) is 9.84 Å². The van der Waals surface area contributed by atoms with Crippen LogP contribution in [0.25, 0.3) is 11.2 Å². The molecule has 0 aromatic carbocycles. The van der Waals surface area contributed by atoms with E-state index in [1.807, 2.05) is 17.9 Å². The van der Waals surface area contributed by atoms with Crippen LogP contribution in [0.5, 0.6) is 0 Å². The van der Waals surface area contributed by atoms with Crippen molar-refractivity contribution in [2.75, 3.05) is 6.61 Å². The van der Waals surface area contributed by atoms with E-state index in [1.54, 1.807) is 6.33 Å². The molecule has 90 valence electrons. The summed E-state index contributed by atoms with van der Waals surface area (Å²) >= 11 is 0. The van der Waals surface area contributed by atoms with E-state index in [2.05, 4.69) is 15.0 Å². The van der Waals surface area contributed by atoms with E-state index in [0.717, 1.165) is 23.3 Å². The quantitative estimate of drug-likeness (QED) is 0.821. The van der Waals surface area contributed by atoms with Crippen molar-refractivity contribution in [3.05, 3.63) is 24.8 Å². The standard InChI is InChI=1S/C11H13N4O2.Y/c1-7-10-11(13-5-12-7)15(6-14-10)9-3-2-8(4-16)17-9;/h3,5-6,8-9,16H,2,4H2,1H3;/q-1;+3. The van der Waals surface area contributed by atoms with Gasteiger partial charge in [-0.2, -0.15) is 0 Å². The molecule has 2 atom stereocenters. The topological polar surface area (TPSA) is 73.1 Å². The number of hydrogen-bond donors (Lipinski definition) is 1. The van der Waals surface area contributed by atoms with E-state index < -0.39 is 0 Å². The molecule has 7 heteroatoms. The molecule has 0 spiro atoms. The number of nitrogens with zero attached hydrogens (tertiary/aromatic N) is 4. The van der Waals surface area contributed by atoms with Crippen molar-refractivity contribution < 1.29 is 42.6 Å². The first-order valence-corrected chi connectivity index (χ1v) is 5.53. The third kappa shape index (κ3) is 2.34. The molecule has 1 aliphatic rings. The molecule has 1 fully saturated rings. The molecular weight excluding hydrogens is 309 g/mol. The summed E-state index contributed by atoms with van der Waals surface area (Å²) in [5.41, 5.74) is 2.40. The predicted molar refractivity (Wildman–Crippen MR) is 60.0 cm³/mol. The predicted octanol–water partition coefficient (Wildman–Crippen LogP) is 0.616. The number of hydrogen-bond acceptors (Lipinski definition) is 5. The van der Waals surface area contributed by atoms with Crippen molar-refractivity contribution in [3.8, 4) is 0 Å². The van der Waals surface area contributed by atoms with E-state index >= 15 is 0 Å². The summed E-state index contributed by atoms with van der Waals surface area (Å²) in [6, 6.07) is 0. The number of aliphatic hydroxyl groups is 1. The zero-order valence-electron chi connectivity index (χ0n) is 10.0. The number of aliphatic hydroxyl groups excluding tert-OH is 1. The Hall–Kier alpha value is -0.426. The second-order valence-corrected chi connectivity index (χ2v) is 4.09. The average molecular weight is 322 g/mol. The van der Waals surface area contributed by atoms with Crippen molar-refractivity contribution in [2.24, 2.45) is 0 Å². The number of fused-ring (bicyclic) bond motifs is 1. The Bertz CT molecular complexity index is 545. The summed E-state index contributed by atoms with van der Waals surface area (Å²) in [6.07, 6.45) is 5.65. The molecule has 3 rings (SSSR count). The van der Waals surface area contributed by atoms with Gasteiger partial charge in [0.15, 0.2) is 5.65 Å². The summed E-state index contributed by atoms with van der Waals surface area (Å²) in [5, 5.41) is 9.04.